The lowest BCUT2D eigenvalue weighted by molar-refractivity contribution is 0.0999. The fraction of sp³-hybridized carbons (Fsp3) is 0.121. The van der Waals surface area contributed by atoms with Crippen molar-refractivity contribution >= 4 is 24.0 Å². The number of hydrogen-bond donors (Lipinski definition) is 0. The molecular formula is C33H29N3O4. The zero-order valence-corrected chi connectivity index (χ0v) is 22.3. The highest BCUT2D eigenvalue weighted by Gasteiger charge is 2.44. The summed E-state index contributed by atoms with van der Waals surface area (Å²) in [5.74, 6) is 0.429. The van der Waals surface area contributed by atoms with Crippen molar-refractivity contribution in [1.82, 2.24) is 9.80 Å². The van der Waals surface area contributed by atoms with Crippen LogP contribution >= 0.6 is 0 Å². The number of carbonyl (C=O) groups excluding carboxylic acids is 2. The molecule has 1 aliphatic heterocycles. The number of aliphatic imine (C=N–C) groups is 1. The molecule has 40 heavy (non-hydrogen) atoms. The molecule has 5 rings (SSSR count). The molecule has 0 spiro atoms. The summed E-state index contributed by atoms with van der Waals surface area (Å²) in [5.41, 5.74) is 3.66. The van der Waals surface area contributed by atoms with Crippen molar-refractivity contribution in [2.75, 3.05) is 14.2 Å². The third-order valence-electron chi connectivity index (χ3n) is 6.60. The second-order valence-corrected chi connectivity index (χ2v) is 9.23. The van der Waals surface area contributed by atoms with Gasteiger partial charge in [-0.2, -0.15) is 4.99 Å². The van der Waals surface area contributed by atoms with Gasteiger partial charge in [-0.25, -0.2) is 9.69 Å². The number of methoxy groups -OCH3 is 1. The van der Waals surface area contributed by atoms with Crippen molar-refractivity contribution in [3.63, 3.8) is 0 Å². The van der Waals surface area contributed by atoms with Crippen LogP contribution < -0.4 is 4.74 Å². The predicted molar refractivity (Wildman–Crippen MR) is 155 cm³/mol. The molecule has 200 valence electrons. The summed E-state index contributed by atoms with van der Waals surface area (Å²) < 4.78 is 11.1. The van der Waals surface area contributed by atoms with Crippen LogP contribution in [0.2, 0.25) is 0 Å². The monoisotopic (exact) mass is 531 g/mol. The van der Waals surface area contributed by atoms with Crippen molar-refractivity contribution in [3.8, 4) is 5.75 Å². The maximum atomic E-state index is 13.8. The molecule has 1 saturated heterocycles. The number of amides is 2. The summed E-state index contributed by atoms with van der Waals surface area (Å²) in [7, 11) is 3.43. The maximum absolute atomic E-state index is 13.8. The molecule has 0 radical (unpaired) electrons. The molecule has 1 unspecified atom stereocenters. The molecule has 4 aromatic carbocycles. The molecule has 0 saturated carbocycles. The zero-order chi connectivity index (χ0) is 27.9. The van der Waals surface area contributed by atoms with E-state index in [0.29, 0.717) is 17.0 Å². The van der Waals surface area contributed by atoms with Gasteiger partial charge in [-0.15, -0.1) is 0 Å². The summed E-state index contributed by atoms with van der Waals surface area (Å²) in [6.45, 7) is 0.0750. The van der Waals surface area contributed by atoms with E-state index < -0.39 is 18.0 Å². The molecule has 1 aliphatic rings. The lowest BCUT2D eigenvalue weighted by Crippen LogP contribution is -2.37. The molecule has 0 aliphatic carbocycles. The summed E-state index contributed by atoms with van der Waals surface area (Å²) in [6.07, 6.45) is 1.29. The Morgan fingerprint density at radius 3 is 2.05 bits per heavy atom. The topological polar surface area (TPSA) is 71.4 Å². The number of likely N-dealkylation sites (N-methyl/N-ethyl adjacent to an activating group) is 1. The molecule has 0 bridgehead atoms. The van der Waals surface area contributed by atoms with Crippen molar-refractivity contribution in [2.24, 2.45) is 4.99 Å². The SMILES string of the molecule is COc1ccc(C2/C(=C/c3ccccc3)N(C(=O)OCc3ccccc3)C(=NC(=O)c3ccccc3)N2C)cc1. The normalized spacial score (nSPS) is 16.8. The number of rotatable bonds is 6. The maximum Gasteiger partial charge on any atom is 0.421 e. The highest BCUT2D eigenvalue weighted by molar-refractivity contribution is 6.08. The van der Waals surface area contributed by atoms with E-state index in [0.717, 1.165) is 16.7 Å². The molecule has 7 heteroatoms. The number of carbonyl (C=O) groups is 2. The number of ether oxygens (including phenoxy) is 2. The van der Waals surface area contributed by atoms with E-state index in [-0.39, 0.29) is 12.6 Å². The average molecular weight is 532 g/mol. The van der Waals surface area contributed by atoms with Crippen LogP contribution in [0.15, 0.2) is 126 Å². The second-order valence-electron chi connectivity index (χ2n) is 9.23. The van der Waals surface area contributed by atoms with E-state index >= 15 is 0 Å². The van der Waals surface area contributed by atoms with Crippen LogP contribution in [-0.2, 0) is 11.3 Å². The van der Waals surface area contributed by atoms with Crippen molar-refractivity contribution in [3.05, 3.63) is 143 Å². The first kappa shape index (κ1) is 26.4. The fourth-order valence-corrected chi connectivity index (χ4v) is 4.59. The minimum atomic E-state index is -0.631. The first-order valence-corrected chi connectivity index (χ1v) is 12.9. The van der Waals surface area contributed by atoms with Gasteiger partial charge in [0.15, 0.2) is 0 Å². The number of nitrogens with zero attached hydrogens (tertiary/aromatic N) is 3. The van der Waals surface area contributed by atoms with Gasteiger partial charge in [0.1, 0.15) is 12.4 Å². The lowest BCUT2D eigenvalue weighted by Gasteiger charge is -2.21. The minimum absolute atomic E-state index is 0.0750. The van der Waals surface area contributed by atoms with Gasteiger partial charge in [-0.05, 0) is 47.0 Å². The van der Waals surface area contributed by atoms with E-state index in [1.807, 2.05) is 109 Å². The second kappa shape index (κ2) is 12.1. The Labute approximate surface area is 233 Å². The Morgan fingerprint density at radius 2 is 1.43 bits per heavy atom. The molecule has 7 nitrogen and oxygen atoms in total. The standard InChI is InChI=1S/C33H29N3O4/c1-35-30(26-18-20-28(39-2)21-19-26)29(22-24-12-6-3-7-13-24)36(33(38)40-23-25-14-8-4-9-15-25)32(35)34-31(37)27-16-10-5-11-17-27/h3-22,30H,23H2,1-2H3/b29-22-,34-32?. The van der Waals surface area contributed by atoms with Crippen LogP contribution in [0.25, 0.3) is 6.08 Å². The van der Waals surface area contributed by atoms with Crippen LogP contribution in [0.4, 0.5) is 4.79 Å². The molecule has 1 fully saturated rings. The average Bonchev–Trinajstić information content (AvgIpc) is 3.27. The van der Waals surface area contributed by atoms with Crippen LogP contribution in [0, 0.1) is 0 Å². The Hall–Kier alpha value is -5.17. The summed E-state index contributed by atoms with van der Waals surface area (Å²) in [6, 6.07) is 35.1. The van der Waals surface area contributed by atoms with Gasteiger partial charge >= 0.3 is 6.09 Å². The van der Waals surface area contributed by atoms with Crippen molar-refractivity contribution < 1.29 is 19.1 Å². The van der Waals surface area contributed by atoms with Gasteiger partial charge < -0.3 is 14.4 Å². The van der Waals surface area contributed by atoms with Gasteiger partial charge in [0, 0.05) is 12.6 Å². The Bertz CT molecular complexity index is 1520. The number of benzene rings is 4. The van der Waals surface area contributed by atoms with Crippen molar-refractivity contribution in [1.29, 1.82) is 0 Å². The largest absolute Gasteiger partial charge is 0.497 e. The summed E-state index contributed by atoms with van der Waals surface area (Å²) in [4.78, 5) is 34.7. The molecule has 1 atom stereocenters. The minimum Gasteiger partial charge on any atom is -0.497 e. The molecule has 2 amide bonds. The van der Waals surface area contributed by atoms with Crippen LogP contribution in [-0.4, -0.2) is 41.9 Å². The Balaban J connectivity index is 1.62. The van der Waals surface area contributed by atoms with Gasteiger partial charge in [-0.3, -0.25) is 4.79 Å². The molecule has 0 N–H and O–H groups in total. The Kier molecular flexibility index (Phi) is 8.02. The van der Waals surface area contributed by atoms with E-state index in [2.05, 4.69) is 4.99 Å². The molecule has 0 aromatic heterocycles. The fourth-order valence-electron chi connectivity index (χ4n) is 4.59. The molecular weight excluding hydrogens is 502 g/mol. The smallest absolute Gasteiger partial charge is 0.421 e. The van der Waals surface area contributed by atoms with E-state index in [9.17, 15) is 9.59 Å². The quantitative estimate of drug-likeness (QED) is 0.282. The lowest BCUT2D eigenvalue weighted by atomic mass is 10.0. The third-order valence-corrected chi connectivity index (χ3v) is 6.60. The van der Waals surface area contributed by atoms with Crippen LogP contribution in [0.3, 0.4) is 0 Å². The molecule has 1 heterocycles. The first-order chi connectivity index (χ1) is 19.5. The summed E-state index contributed by atoms with van der Waals surface area (Å²) in [5, 5.41) is 0. The highest BCUT2D eigenvalue weighted by atomic mass is 16.6. The Morgan fingerprint density at radius 1 is 0.825 bits per heavy atom. The van der Waals surface area contributed by atoms with Gasteiger partial charge in [0.05, 0.1) is 18.8 Å². The first-order valence-electron chi connectivity index (χ1n) is 12.9. The van der Waals surface area contributed by atoms with Gasteiger partial charge in [-0.1, -0.05) is 91.0 Å². The van der Waals surface area contributed by atoms with E-state index in [1.54, 1.807) is 31.4 Å². The molecule has 4 aromatic rings. The highest BCUT2D eigenvalue weighted by Crippen LogP contribution is 2.40. The third kappa shape index (κ3) is 5.78. The van der Waals surface area contributed by atoms with Crippen LogP contribution in [0.5, 0.6) is 5.75 Å². The zero-order valence-electron chi connectivity index (χ0n) is 22.3. The van der Waals surface area contributed by atoms with Crippen molar-refractivity contribution in [2.45, 2.75) is 12.6 Å². The van der Waals surface area contributed by atoms with E-state index in [4.69, 9.17) is 9.47 Å². The number of hydrogen-bond acceptors (Lipinski definition) is 4. The predicted octanol–water partition coefficient (Wildman–Crippen LogP) is 6.56. The number of guanidine groups is 1. The van der Waals surface area contributed by atoms with Crippen LogP contribution in [0.1, 0.15) is 33.1 Å². The van der Waals surface area contributed by atoms with Gasteiger partial charge in [0.2, 0.25) is 5.96 Å². The summed E-state index contributed by atoms with van der Waals surface area (Å²) >= 11 is 0. The van der Waals surface area contributed by atoms with E-state index in [1.165, 1.54) is 4.90 Å². The van der Waals surface area contributed by atoms with Gasteiger partial charge in [0.25, 0.3) is 5.91 Å².